The summed E-state index contributed by atoms with van der Waals surface area (Å²) in [5.41, 5.74) is 6.56. The number of carbonyl (C=O) groups excluding carboxylic acids is 1. The summed E-state index contributed by atoms with van der Waals surface area (Å²) < 4.78 is 12.8. The number of rotatable bonds is 3. The molecule has 2 atom stereocenters. The molecule has 1 fully saturated rings. The topological polar surface area (TPSA) is 46.3 Å². The van der Waals surface area contributed by atoms with E-state index in [1.807, 2.05) is 4.90 Å². The summed E-state index contributed by atoms with van der Waals surface area (Å²) in [4.78, 5) is 14.0. The summed E-state index contributed by atoms with van der Waals surface area (Å²) in [5.74, 6) is 0.681. The van der Waals surface area contributed by atoms with Gasteiger partial charge in [0.1, 0.15) is 5.82 Å². The molecule has 1 aliphatic rings. The van der Waals surface area contributed by atoms with Gasteiger partial charge in [-0.05, 0) is 48.6 Å². The first-order valence-electron chi connectivity index (χ1n) is 7.02. The normalized spacial score (nSPS) is 23.2. The number of likely N-dealkylation sites (tertiary alicyclic amines) is 1. The summed E-state index contributed by atoms with van der Waals surface area (Å²) in [5, 5.41) is 0. The summed E-state index contributed by atoms with van der Waals surface area (Å²) in [6, 6.07) is 6.08. The van der Waals surface area contributed by atoms with Crippen LogP contribution in [-0.4, -0.2) is 30.4 Å². The molecule has 3 nitrogen and oxygen atoms in total. The summed E-state index contributed by atoms with van der Waals surface area (Å²) in [7, 11) is 0. The Hall–Kier alpha value is -1.68. The van der Waals surface area contributed by atoms with Gasteiger partial charge in [-0.15, -0.1) is 0 Å². The van der Waals surface area contributed by atoms with Gasteiger partial charge in [-0.3, -0.25) is 4.79 Å². The van der Waals surface area contributed by atoms with Gasteiger partial charge in [-0.25, -0.2) is 4.39 Å². The first-order valence-corrected chi connectivity index (χ1v) is 7.02. The third-order valence-corrected chi connectivity index (χ3v) is 4.02. The fraction of sp³-hybridized carbons (Fsp3) is 0.438. The third kappa shape index (κ3) is 3.67. The van der Waals surface area contributed by atoms with Crippen molar-refractivity contribution in [2.45, 2.75) is 13.3 Å². The Morgan fingerprint density at radius 1 is 1.45 bits per heavy atom. The minimum absolute atomic E-state index is 0.000301. The molecule has 1 aromatic carbocycles. The van der Waals surface area contributed by atoms with Crippen molar-refractivity contribution in [1.29, 1.82) is 0 Å². The van der Waals surface area contributed by atoms with Crippen LogP contribution >= 0.6 is 0 Å². The lowest BCUT2D eigenvalue weighted by Crippen LogP contribution is -2.44. The maximum Gasteiger partial charge on any atom is 0.246 e. The minimum Gasteiger partial charge on any atom is -0.339 e. The van der Waals surface area contributed by atoms with Crippen LogP contribution in [0.15, 0.2) is 30.3 Å². The van der Waals surface area contributed by atoms with Crippen LogP contribution in [0.25, 0.3) is 6.08 Å². The zero-order valence-electron chi connectivity index (χ0n) is 11.8. The molecule has 0 radical (unpaired) electrons. The average Bonchev–Trinajstić information content (AvgIpc) is 2.47. The molecule has 1 saturated heterocycles. The molecule has 20 heavy (non-hydrogen) atoms. The molecule has 0 spiro atoms. The van der Waals surface area contributed by atoms with Crippen LogP contribution in [0, 0.1) is 17.7 Å². The van der Waals surface area contributed by atoms with E-state index in [0.29, 0.717) is 18.4 Å². The van der Waals surface area contributed by atoms with E-state index in [1.54, 1.807) is 24.3 Å². The number of nitrogens with zero attached hydrogens (tertiary/aromatic N) is 1. The highest BCUT2D eigenvalue weighted by Gasteiger charge is 2.26. The minimum atomic E-state index is -0.274. The molecule has 0 aliphatic carbocycles. The highest BCUT2D eigenvalue weighted by Crippen LogP contribution is 2.22. The molecule has 1 aromatic rings. The van der Waals surface area contributed by atoms with Crippen LogP contribution in [0.1, 0.15) is 18.9 Å². The van der Waals surface area contributed by atoms with E-state index in [9.17, 15) is 9.18 Å². The second-order valence-electron chi connectivity index (χ2n) is 5.43. The van der Waals surface area contributed by atoms with Gasteiger partial charge < -0.3 is 10.6 Å². The number of amides is 1. The molecule has 1 amide bonds. The number of hydrogen-bond donors (Lipinski definition) is 1. The van der Waals surface area contributed by atoms with Gasteiger partial charge in [-0.2, -0.15) is 0 Å². The van der Waals surface area contributed by atoms with Gasteiger partial charge >= 0.3 is 0 Å². The van der Waals surface area contributed by atoms with Gasteiger partial charge in [0.25, 0.3) is 0 Å². The average molecular weight is 276 g/mol. The SMILES string of the molecule is CC1CCN(C(=O)/C=C/c2ccc(F)cc2)CC1CN. The molecule has 0 aromatic heterocycles. The van der Waals surface area contributed by atoms with E-state index in [2.05, 4.69) is 6.92 Å². The Labute approximate surface area is 119 Å². The number of benzene rings is 1. The fourth-order valence-electron chi connectivity index (χ4n) is 2.50. The number of halogens is 1. The van der Waals surface area contributed by atoms with Gasteiger partial charge in [0.15, 0.2) is 0 Å². The first-order chi connectivity index (χ1) is 9.60. The van der Waals surface area contributed by atoms with Crippen molar-refractivity contribution in [1.82, 2.24) is 4.90 Å². The smallest absolute Gasteiger partial charge is 0.246 e. The highest BCUT2D eigenvalue weighted by molar-refractivity contribution is 5.91. The molecular formula is C16H21FN2O. The predicted molar refractivity (Wildman–Crippen MR) is 78.3 cm³/mol. The quantitative estimate of drug-likeness (QED) is 0.861. The van der Waals surface area contributed by atoms with E-state index in [4.69, 9.17) is 5.73 Å². The van der Waals surface area contributed by atoms with E-state index in [0.717, 1.165) is 25.1 Å². The Morgan fingerprint density at radius 2 is 2.15 bits per heavy atom. The summed E-state index contributed by atoms with van der Waals surface area (Å²) in [6.45, 7) is 4.31. The lowest BCUT2D eigenvalue weighted by Gasteiger charge is -2.36. The lowest BCUT2D eigenvalue weighted by molar-refractivity contribution is -0.128. The second kappa shape index (κ2) is 6.66. The molecule has 2 rings (SSSR count). The van der Waals surface area contributed by atoms with Crippen LogP contribution in [0.4, 0.5) is 4.39 Å². The molecular weight excluding hydrogens is 255 g/mol. The Bertz CT molecular complexity index is 484. The van der Waals surface area contributed by atoms with Crippen molar-refractivity contribution in [3.8, 4) is 0 Å². The van der Waals surface area contributed by atoms with Crippen molar-refractivity contribution in [3.63, 3.8) is 0 Å². The van der Waals surface area contributed by atoms with E-state index >= 15 is 0 Å². The highest BCUT2D eigenvalue weighted by atomic mass is 19.1. The largest absolute Gasteiger partial charge is 0.339 e. The number of piperidine rings is 1. The maximum absolute atomic E-state index is 12.8. The number of carbonyl (C=O) groups is 1. The zero-order valence-corrected chi connectivity index (χ0v) is 11.8. The maximum atomic E-state index is 12.8. The van der Waals surface area contributed by atoms with Crippen LogP contribution in [0.3, 0.4) is 0 Å². The van der Waals surface area contributed by atoms with Crippen LogP contribution < -0.4 is 5.73 Å². The Balaban J connectivity index is 1.96. The van der Waals surface area contributed by atoms with Crippen molar-refractivity contribution in [3.05, 3.63) is 41.7 Å². The van der Waals surface area contributed by atoms with Crippen molar-refractivity contribution < 1.29 is 9.18 Å². The standard InChI is InChI=1S/C16H21FN2O/c1-12-8-9-19(11-14(12)10-18)16(20)7-4-13-2-5-15(17)6-3-13/h2-7,12,14H,8-11,18H2,1H3/b7-4+. The number of nitrogens with two attached hydrogens (primary N) is 1. The zero-order chi connectivity index (χ0) is 14.5. The van der Waals surface area contributed by atoms with Gasteiger partial charge in [0.2, 0.25) is 5.91 Å². The fourth-order valence-corrected chi connectivity index (χ4v) is 2.50. The lowest BCUT2D eigenvalue weighted by atomic mass is 9.87. The molecule has 2 unspecified atom stereocenters. The predicted octanol–water partition coefficient (Wildman–Crippen LogP) is 2.28. The molecule has 108 valence electrons. The van der Waals surface area contributed by atoms with Gasteiger partial charge in [-0.1, -0.05) is 19.1 Å². The molecule has 0 saturated carbocycles. The molecule has 1 aliphatic heterocycles. The summed E-state index contributed by atoms with van der Waals surface area (Å²) in [6.07, 6.45) is 4.27. The summed E-state index contributed by atoms with van der Waals surface area (Å²) >= 11 is 0. The monoisotopic (exact) mass is 276 g/mol. The van der Waals surface area contributed by atoms with Crippen molar-refractivity contribution in [2.75, 3.05) is 19.6 Å². The Morgan fingerprint density at radius 3 is 2.80 bits per heavy atom. The molecule has 0 bridgehead atoms. The van der Waals surface area contributed by atoms with Crippen LogP contribution in [0.5, 0.6) is 0 Å². The van der Waals surface area contributed by atoms with Crippen molar-refractivity contribution in [2.24, 2.45) is 17.6 Å². The molecule has 1 heterocycles. The number of hydrogen-bond acceptors (Lipinski definition) is 2. The van der Waals surface area contributed by atoms with E-state index < -0.39 is 0 Å². The van der Waals surface area contributed by atoms with Crippen LogP contribution in [-0.2, 0) is 4.79 Å². The van der Waals surface area contributed by atoms with Crippen LogP contribution in [0.2, 0.25) is 0 Å². The van der Waals surface area contributed by atoms with E-state index in [-0.39, 0.29) is 11.7 Å². The third-order valence-electron chi connectivity index (χ3n) is 4.02. The van der Waals surface area contributed by atoms with Gasteiger partial charge in [0.05, 0.1) is 0 Å². The van der Waals surface area contributed by atoms with Gasteiger partial charge in [0, 0.05) is 19.2 Å². The first kappa shape index (κ1) is 14.7. The molecule has 4 heteroatoms. The second-order valence-corrected chi connectivity index (χ2v) is 5.43. The Kier molecular flexibility index (Phi) is 4.90. The van der Waals surface area contributed by atoms with Crippen molar-refractivity contribution >= 4 is 12.0 Å². The van der Waals surface area contributed by atoms with E-state index in [1.165, 1.54) is 12.1 Å². The molecule has 2 N–H and O–H groups in total.